The first-order chi connectivity index (χ1) is 13.5. The number of anilines is 1. The predicted molar refractivity (Wildman–Crippen MR) is 110 cm³/mol. The molecule has 1 N–H and O–H groups in total. The van der Waals surface area contributed by atoms with E-state index in [1.807, 2.05) is 30.3 Å². The fourth-order valence-corrected chi connectivity index (χ4v) is 5.13. The lowest BCUT2D eigenvalue weighted by molar-refractivity contribution is -0.119. The van der Waals surface area contributed by atoms with Crippen LogP contribution in [0, 0.1) is 0 Å². The molecule has 0 saturated heterocycles. The third-order valence-electron chi connectivity index (χ3n) is 4.64. The smallest absolute Gasteiger partial charge is 0.265 e. The molecule has 1 heterocycles. The quantitative estimate of drug-likeness (QED) is 0.708. The number of carbonyl (C=O) groups is 1. The lowest BCUT2D eigenvalue weighted by atomic mass is 10.0. The van der Waals surface area contributed by atoms with Crippen molar-refractivity contribution in [3.8, 4) is 11.1 Å². The van der Waals surface area contributed by atoms with Crippen LogP contribution in [-0.2, 0) is 21.4 Å². The molecule has 1 aliphatic rings. The summed E-state index contributed by atoms with van der Waals surface area (Å²) >= 11 is 6.11. The normalized spacial score (nSPS) is 14.1. The molecular formula is C21H17ClN2O3S. The van der Waals surface area contributed by atoms with Crippen molar-refractivity contribution < 1.29 is 13.2 Å². The Kier molecular flexibility index (Phi) is 4.83. The zero-order valence-electron chi connectivity index (χ0n) is 14.8. The van der Waals surface area contributed by atoms with E-state index < -0.39 is 15.9 Å². The summed E-state index contributed by atoms with van der Waals surface area (Å²) in [6.07, 6.45) is 0. The van der Waals surface area contributed by atoms with E-state index in [2.05, 4.69) is 5.32 Å². The van der Waals surface area contributed by atoms with Crippen molar-refractivity contribution in [2.45, 2.75) is 11.4 Å². The van der Waals surface area contributed by atoms with Crippen LogP contribution in [0.2, 0.25) is 5.02 Å². The van der Waals surface area contributed by atoms with E-state index in [9.17, 15) is 13.2 Å². The molecule has 4 rings (SSSR count). The van der Waals surface area contributed by atoms with Gasteiger partial charge in [0, 0.05) is 22.7 Å². The lowest BCUT2D eigenvalue weighted by Crippen LogP contribution is -2.42. The highest BCUT2D eigenvalue weighted by Crippen LogP contribution is 2.42. The first kappa shape index (κ1) is 18.5. The summed E-state index contributed by atoms with van der Waals surface area (Å²) in [5, 5.41) is 3.30. The van der Waals surface area contributed by atoms with Crippen molar-refractivity contribution in [1.29, 1.82) is 0 Å². The number of nitrogens with one attached hydrogen (secondary N) is 1. The first-order valence-electron chi connectivity index (χ1n) is 8.70. The van der Waals surface area contributed by atoms with Crippen molar-refractivity contribution in [2.75, 3.05) is 10.8 Å². The van der Waals surface area contributed by atoms with Crippen molar-refractivity contribution in [3.05, 3.63) is 83.4 Å². The molecule has 7 heteroatoms. The number of sulfonamides is 1. The molecule has 0 radical (unpaired) electrons. The molecule has 5 nitrogen and oxygen atoms in total. The van der Waals surface area contributed by atoms with Gasteiger partial charge in [-0.15, -0.1) is 0 Å². The van der Waals surface area contributed by atoms with Crippen molar-refractivity contribution in [2.24, 2.45) is 0 Å². The largest absolute Gasteiger partial charge is 0.350 e. The van der Waals surface area contributed by atoms with Gasteiger partial charge < -0.3 is 5.32 Å². The van der Waals surface area contributed by atoms with Gasteiger partial charge in [-0.1, -0.05) is 66.2 Å². The van der Waals surface area contributed by atoms with E-state index in [1.165, 1.54) is 0 Å². The second-order valence-electron chi connectivity index (χ2n) is 6.39. The van der Waals surface area contributed by atoms with Crippen LogP contribution < -0.4 is 9.62 Å². The Bertz CT molecular complexity index is 1160. The summed E-state index contributed by atoms with van der Waals surface area (Å²) < 4.78 is 27.5. The highest BCUT2D eigenvalue weighted by molar-refractivity contribution is 7.93. The minimum atomic E-state index is -3.84. The maximum absolute atomic E-state index is 13.2. The lowest BCUT2D eigenvalue weighted by Gasteiger charge is -2.31. The fraction of sp³-hybridized carbons (Fsp3) is 0.0952. The number of benzene rings is 3. The first-order valence-corrected chi connectivity index (χ1v) is 10.5. The van der Waals surface area contributed by atoms with Crippen molar-refractivity contribution in [1.82, 2.24) is 5.32 Å². The number of para-hydroxylation sites is 1. The van der Waals surface area contributed by atoms with Gasteiger partial charge in [0.05, 0.1) is 10.6 Å². The van der Waals surface area contributed by atoms with E-state index >= 15 is 0 Å². The fourth-order valence-electron chi connectivity index (χ4n) is 3.27. The molecule has 0 unspecified atom stereocenters. The Morgan fingerprint density at radius 3 is 2.32 bits per heavy atom. The van der Waals surface area contributed by atoms with Gasteiger partial charge in [-0.3, -0.25) is 9.10 Å². The molecule has 1 aliphatic heterocycles. The highest BCUT2D eigenvalue weighted by Gasteiger charge is 2.35. The molecule has 0 aromatic heterocycles. The van der Waals surface area contributed by atoms with Gasteiger partial charge in [-0.25, -0.2) is 8.42 Å². The summed E-state index contributed by atoms with van der Waals surface area (Å²) in [4.78, 5) is 12.7. The molecule has 0 bridgehead atoms. The molecule has 28 heavy (non-hydrogen) atoms. The maximum atomic E-state index is 13.2. The van der Waals surface area contributed by atoms with Gasteiger partial charge in [-0.2, -0.15) is 0 Å². The van der Waals surface area contributed by atoms with Gasteiger partial charge in [0.15, 0.2) is 0 Å². The average molecular weight is 413 g/mol. The zero-order valence-corrected chi connectivity index (χ0v) is 16.4. The number of amides is 1. The number of nitrogens with zero attached hydrogens (tertiary/aromatic N) is 1. The third kappa shape index (κ3) is 3.25. The van der Waals surface area contributed by atoms with E-state index in [0.717, 1.165) is 15.4 Å². The molecule has 1 amide bonds. The Morgan fingerprint density at radius 1 is 0.893 bits per heavy atom. The average Bonchev–Trinajstić information content (AvgIpc) is 2.71. The SMILES string of the molecule is O=C(CN1c2ccccc2-c2ccccc2S1(=O)=O)NCc1ccccc1Cl. The number of hydrogen-bond acceptors (Lipinski definition) is 3. The van der Waals surface area contributed by atoms with Gasteiger partial charge in [0.25, 0.3) is 10.0 Å². The van der Waals surface area contributed by atoms with Crippen LogP contribution in [-0.4, -0.2) is 20.9 Å². The van der Waals surface area contributed by atoms with Crippen molar-refractivity contribution >= 4 is 33.2 Å². The number of fused-ring (bicyclic) bond motifs is 3. The van der Waals surface area contributed by atoms with Crippen LogP contribution in [0.4, 0.5) is 5.69 Å². The van der Waals surface area contributed by atoms with Crippen LogP contribution in [0.5, 0.6) is 0 Å². The number of halogens is 1. The maximum Gasteiger partial charge on any atom is 0.265 e. The number of hydrogen-bond donors (Lipinski definition) is 1. The Hall–Kier alpha value is -2.83. The van der Waals surface area contributed by atoms with Gasteiger partial charge >= 0.3 is 0 Å². The van der Waals surface area contributed by atoms with Crippen molar-refractivity contribution in [3.63, 3.8) is 0 Å². The monoisotopic (exact) mass is 412 g/mol. The third-order valence-corrected chi connectivity index (χ3v) is 6.83. The second kappa shape index (κ2) is 7.30. The van der Waals surface area contributed by atoms with Gasteiger partial charge in [-0.05, 0) is 23.8 Å². The van der Waals surface area contributed by atoms with Crippen LogP contribution in [0.3, 0.4) is 0 Å². The van der Waals surface area contributed by atoms with E-state index in [0.29, 0.717) is 16.3 Å². The molecule has 3 aromatic rings. The molecule has 0 aliphatic carbocycles. The van der Waals surface area contributed by atoms with E-state index in [-0.39, 0.29) is 18.0 Å². The second-order valence-corrected chi connectivity index (χ2v) is 8.63. The molecule has 0 fully saturated rings. The van der Waals surface area contributed by atoms with Crippen LogP contribution in [0.1, 0.15) is 5.56 Å². The molecule has 3 aromatic carbocycles. The standard InChI is InChI=1S/C21H17ClN2O3S/c22-18-10-4-1-7-15(18)13-23-21(25)14-24-19-11-5-2-8-16(19)17-9-3-6-12-20(17)28(24,26)27/h1-12H,13-14H2,(H,23,25). The van der Waals surface area contributed by atoms with Gasteiger partial charge in [0.2, 0.25) is 5.91 Å². The molecular weight excluding hydrogens is 396 g/mol. The summed E-state index contributed by atoms with van der Waals surface area (Å²) in [6, 6.07) is 21.2. The molecule has 0 saturated carbocycles. The Labute approximate surface area is 168 Å². The predicted octanol–water partition coefficient (Wildman–Crippen LogP) is 3.83. The summed E-state index contributed by atoms with van der Waals surface area (Å²) in [7, 11) is -3.84. The summed E-state index contributed by atoms with van der Waals surface area (Å²) in [5.74, 6) is -0.405. The highest BCUT2D eigenvalue weighted by atomic mass is 35.5. The Balaban J connectivity index is 1.62. The van der Waals surface area contributed by atoms with Crippen LogP contribution in [0.25, 0.3) is 11.1 Å². The minimum Gasteiger partial charge on any atom is -0.350 e. The number of rotatable bonds is 4. The zero-order chi connectivity index (χ0) is 19.7. The minimum absolute atomic E-state index is 0.201. The molecule has 0 atom stereocenters. The van der Waals surface area contributed by atoms with Gasteiger partial charge in [0.1, 0.15) is 6.54 Å². The molecule has 142 valence electrons. The Morgan fingerprint density at radius 2 is 1.54 bits per heavy atom. The number of carbonyl (C=O) groups excluding carboxylic acids is 1. The van der Waals surface area contributed by atoms with Crippen LogP contribution >= 0.6 is 11.6 Å². The van der Waals surface area contributed by atoms with E-state index in [1.54, 1.807) is 42.5 Å². The topological polar surface area (TPSA) is 66.5 Å². The summed E-state index contributed by atoms with van der Waals surface area (Å²) in [5.41, 5.74) is 2.69. The van der Waals surface area contributed by atoms with Crippen LogP contribution in [0.15, 0.2) is 77.7 Å². The van der Waals surface area contributed by atoms with E-state index in [4.69, 9.17) is 11.6 Å². The molecule has 0 spiro atoms. The summed E-state index contributed by atoms with van der Waals surface area (Å²) in [6.45, 7) is -0.0806.